The number of alkyl halides is 1. The Morgan fingerprint density at radius 3 is 2.47 bits per heavy atom. The molecule has 1 aliphatic rings. The standard InChI is InChI=1S/C32H38ClN5O7/c1-32(2,3)45-31(42)36-25(18-37(4)28(39)16-33)30(41)38-17-21(14-26(38)29(34)40)44-27-15-23(19-9-7-6-8-10-19)35-24-13-20(43-5)11-12-22(24)27/h6-13,15,21,25-26H,14,16-18H2,1-5H3,(H2,34,40)(H,36,42)/t21-,25+,26+/m1/s1. The molecule has 0 saturated carbocycles. The minimum Gasteiger partial charge on any atom is -0.497 e. The molecule has 4 rings (SSSR count). The topological polar surface area (TPSA) is 153 Å². The first-order chi connectivity index (χ1) is 21.3. The number of pyridine rings is 1. The molecule has 240 valence electrons. The van der Waals surface area contributed by atoms with E-state index in [9.17, 15) is 19.2 Å². The van der Waals surface area contributed by atoms with Crippen LogP contribution in [0.2, 0.25) is 0 Å². The highest BCUT2D eigenvalue weighted by molar-refractivity contribution is 6.27. The minimum absolute atomic E-state index is 0.00720. The molecular formula is C32H38ClN5O7. The van der Waals surface area contributed by atoms with Gasteiger partial charge in [0, 0.05) is 43.1 Å². The number of amides is 4. The lowest BCUT2D eigenvalue weighted by Gasteiger charge is -2.30. The Labute approximate surface area is 266 Å². The molecule has 3 atom stereocenters. The summed E-state index contributed by atoms with van der Waals surface area (Å²) in [5.74, 6) is -1.00. The molecule has 4 amide bonds. The SMILES string of the molecule is COc1ccc2c(O[C@@H]3C[C@@H](C(N)=O)N(C(=O)[C@H](CN(C)C(=O)CCl)NC(=O)OC(C)(C)C)C3)cc(-c3ccccc3)nc2c1. The fourth-order valence-corrected chi connectivity index (χ4v) is 5.25. The zero-order chi connectivity index (χ0) is 32.9. The lowest BCUT2D eigenvalue weighted by atomic mass is 10.1. The van der Waals surface area contributed by atoms with Crippen molar-refractivity contribution in [2.75, 3.05) is 33.1 Å². The maximum Gasteiger partial charge on any atom is 0.408 e. The van der Waals surface area contributed by atoms with Gasteiger partial charge in [0.2, 0.25) is 17.7 Å². The number of hydrogen-bond donors (Lipinski definition) is 2. The van der Waals surface area contributed by atoms with E-state index in [2.05, 4.69) is 5.32 Å². The highest BCUT2D eigenvalue weighted by atomic mass is 35.5. The van der Waals surface area contributed by atoms with Gasteiger partial charge in [0.15, 0.2) is 0 Å². The van der Waals surface area contributed by atoms with Gasteiger partial charge in [-0.05, 0) is 32.9 Å². The number of nitrogens with two attached hydrogens (primary N) is 1. The molecule has 0 aliphatic carbocycles. The second kappa shape index (κ2) is 14.0. The molecule has 0 spiro atoms. The fourth-order valence-electron chi connectivity index (χ4n) is 5.05. The number of benzene rings is 2. The van der Waals surface area contributed by atoms with Crippen LogP contribution in [0.5, 0.6) is 11.5 Å². The molecule has 3 N–H and O–H groups in total. The van der Waals surface area contributed by atoms with Crippen LogP contribution in [-0.2, 0) is 19.1 Å². The Bertz CT molecular complexity index is 1560. The van der Waals surface area contributed by atoms with Gasteiger partial charge in [-0.1, -0.05) is 30.3 Å². The van der Waals surface area contributed by atoms with Gasteiger partial charge in [-0.25, -0.2) is 9.78 Å². The summed E-state index contributed by atoms with van der Waals surface area (Å²) in [5.41, 5.74) is 7.09. The highest BCUT2D eigenvalue weighted by Gasteiger charge is 2.43. The van der Waals surface area contributed by atoms with Crippen molar-refractivity contribution in [3.05, 3.63) is 54.6 Å². The Morgan fingerprint density at radius 2 is 1.84 bits per heavy atom. The summed E-state index contributed by atoms with van der Waals surface area (Å²) in [6, 6.07) is 14.6. The van der Waals surface area contributed by atoms with Crippen LogP contribution < -0.4 is 20.5 Å². The van der Waals surface area contributed by atoms with Crippen LogP contribution in [0.25, 0.3) is 22.2 Å². The number of primary amides is 1. The molecule has 1 aromatic heterocycles. The van der Waals surface area contributed by atoms with E-state index in [0.29, 0.717) is 28.1 Å². The Morgan fingerprint density at radius 1 is 1.13 bits per heavy atom. The number of ether oxygens (including phenoxy) is 3. The van der Waals surface area contributed by atoms with Crippen LogP contribution in [0, 0.1) is 0 Å². The second-order valence-corrected chi connectivity index (χ2v) is 12.0. The number of likely N-dealkylation sites (tertiary alicyclic amines) is 1. The molecule has 2 heterocycles. The van der Waals surface area contributed by atoms with Gasteiger partial charge in [-0.3, -0.25) is 14.4 Å². The van der Waals surface area contributed by atoms with Crippen LogP contribution in [0.15, 0.2) is 54.6 Å². The monoisotopic (exact) mass is 639 g/mol. The van der Waals surface area contributed by atoms with Crippen LogP contribution in [0.1, 0.15) is 27.2 Å². The molecule has 1 fully saturated rings. The normalized spacial score (nSPS) is 17.0. The van der Waals surface area contributed by atoms with E-state index in [0.717, 1.165) is 5.56 Å². The summed E-state index contributed by atoms with van der Waals surface area (Å²) in [7, 11) is 3.03. The van der Waals surface area contributed by atoms with Crippen LogP contribution in [-0.4, -0.2) is 95.5 Å². The predicted octanol–water partition coefficient (Wildman–Crippen LogP) is 3.33. The van der Waals surface area contributed by atoms with E-state index in [1.807, 2.05) is 42.5 Å². The lowest BCUT2D eigenvalue weighted by Crippen LogP contribution is -2.57. The smallest absolute Gasteiger partial charge is 0.408 e. The number of nitrogens with one attached hydrogen (secondary N) is 1. The van der Waals surface area contributed by atoms with Gasteiger partial charge in [0.05, 0.1) is 24.9 Å². The summed E-state index contributed by atoms with van der Waals surface area (Å²) < 4.78 is 17.2. The average molecular weight is 640 g/mol. The molecule has 12 nitrogen and oxygen atoms in total. The van der Waals surface area contributed by atoms with Gasteiger partial charge in [0.25, 0.3) is 0 Å². The Balaban J connectivity index is 1.64. The fraction of sp³-hybridized carbons (Fsp3) is 0.406. The van der Waals surface area contributed by atoms with Crippen molar-refractivity contribution in [3.63, 3.8) is 0 Å². The number of halogens is 1. The van der Waals surface area contributed by atoms with Crippen molar-refractivity contribution in [3.8, 4) is 22.8 Å². The number of likely N-dealkylation sites (N-methyl/N-ethyl adjacent to an activating group) is 1. The van der Waals surface area contributed by atoms with E-state index in [-0.39, 0.29) is 25.4 Å². The number of hydrogen-bond acceptors (Lipinski definition) is 8. The number of nitrogens with zero attached hydrogens (tertiary/aromatic N) is 3. The minimum atomic E-state index is -1.25. The van der Waals surface area contributed by atoms with Crippen molar-refractivity contribution < 1.29 is 33.4 Å². The maximum absolute atomic E-state index is 13.9. The summed E-state index contributed by atoms with van der Waals surface area (Å²) in [4.78, 5) is 58.7. The second-order valence-electron chi connectivity index (χ2n) is 11.7. The molecule has 0 bridgehead atoms. The highest BCUT2D eigenvalue weighted by Crippen LogP contribution is 2.34. The van der Waals surface area contributed by atoms with Crippen LogP contribution >= 0.6 is 11.6 Å². The largest absolute Gasteiger partial charge is 0.497 e. The third kappa shape index (κ3) is 8.33. The molecule has 45 heavy (non-hydrogen) atoms. The van der Waals surface area contributed by atoms with Crippen molar-refractivity contribution >= 4 is 46.3 Å². The molecule has 0 radical (unpaired) electrons. The van der Waals surface area contributed by atoms with Crippen molar-refractivity contribution in [1.82, 2.24) is 20.1 Å². The molecule has 0 unspecified atom stereocenters. The van der Waals surface area contributed by atoms with Gasteiger partial charge < -0.3 is 35.1 Å². The van der Waals surface area contributed by atoms with E-state index in [1.165, 1.54) is 16.8 Å². The van der Waals surface area contributed by atoms with Gasteiger partial charge in [-0.2, -0.15) is 0 Å². The third-order valence-corrected chi connectivity index (χ3v) is 7.43. The number of fused-ring (bicyclic) bond motifs is 1. The molecule has 3 aromatic rings. The van der Waals surface area contributed by atoms with Gasteiger partial charge >= 0.3 is 6.09 Å². The van der Waals surface area contributed by atoms with Crippen LogP contribution in [0.3, 0.4) is 0 Å². The predicted molar refractivity (Wildman–Crippen MR) is 169 cm³/mol. The Hall–Kier alpha value is -4.58. The number of aromatic nitrogens is 1. The number of alkyl carbamates (subject to hydrolysis) is 1. The number of methoxy groups -OCH3 is 1. The van der Waals surface area contributed by atoms with Crippen molar-refractivity contribution in [2.24, 2.45) is 5.73 Å². The summed E-state index contributed by atoms with van der Waals surface area (Å²) >= 11 is 5.71. The first-order valence-corrected chi connectivity index (χ1v) is 14.9. The molecule has 13 heteroatoms. The van der Waals surface area contributed by atoms with Crippen molar-refractivity contribution in [1.29, 1.82) is 0 Å². The van der Waals surface area contributed by atoms with Gasteiger partial charge in [0.1, 0.15) is 41.2 Å². The van der Waals surface area contributed by atoms with Crippen LogP contribution in [0.4, 0.5) is 4.79 Å². The molecule has 1 saturated heterocycles. The first kappa shape index (κ1) is 33.3. The van der Waals surface area contributed by atoms with E-state index < -0.39 is 47.6 Å². The Kier molecular flexibility index (Phi) is 10.4. The van der Waals surface area contributed by atoms with E-state index in [4.69, 9.17) is 36.5 Å². The molecular weight excluding hydrogens is 602 g/mol. The molecule has 1 aliphatic heterocycles. The number of carbonyl (C=O) groups is 4. The maximum atomic E-state index is 13.9. The van der Waals surface area contributed by atoms with Gasteiger partial charge in [-0.15, -0.1) is 11.6 Å². The summed E-state index contributed by atoms with van der Waals surface area (Å²) in [5, 5.41) is 3.25. The quantitative estimate of drug-likeness (QED) is 0.320. The van der Waals surface area contributed by atoms with E-state index in [1.54, 1.807) is 40.0 Å². The average Bonchev–Trinajstić information content (AvgIpc) is 3.43. The summed E-state index contributed by atoms with van der Waals surface area (Å²) in [6.45, 7) is 4.82. The van der Waals surface area contributed by atoms with E-state index >= 15 is 0 Å². The zero-order valence-electron chi connectivity index (χ0n) is 25.9. The zero-order valence-corrected chi connectivity index (χ0v) is 26.7. The van der Waals surface area contributed by atoms with Crippen molar-refractivity contribution in [2.45, 2.75) is 51.0 Å². The lowest BCUT2D eigenvalue weighted by molar-refractivity contribution is -0.140. The number of carbonyl (C=O) groups excluding carboxylic acids is 4. The molecule has 2 aromatic carbocycles. The number of rotatable bonds is 10. The third-order valence-electron chi connectivity index (χ3n) is 7.20. The first-order valence-electron chi connectivity index (χ1n) is 14.4. The summed E-state index contributed by atoms with van der Waals surface area (Å²) in [6.07, 6.45) is -1.38.